The van der Waals surface area contributed by atoms with Gasteiger partial charge < -0.3 is 4.90 Å². The second-order valence-electron chi connectivity index (χ2n) is 6.92. The third-order valence-electron chi connectivity index (χ3n) is 5.40. The Hall–Kier alpha value is -1.95. The average molecular weight is 390 g/mol. The molecule has 136 valence electrons. The van der Waals surface area contributed by atoms with E-state index in [-0.39, 0.29) is 16.2 Å². The Balaban J connectivity index is 1.79. The van der Waals surface area contributed by atoms with Crippen molar-refractivity contribution < 1.29 is 13.2 Å². The van der Waals surface area contributed by atoms with E-state index in [2.05, 4.69) is 6.07 Å². The van der Waals surface area contributed by atoms with Crippen LogP contribution in [0.2, 0.25) is 0 Å². The SMILES string of the molecule is Cc1c(S(=O)(=O)N2C[C@@H]3CCCN3C(=O)[C@H]2C)sc2ccc(C#N)cc12. The molecule has 1 amide bonds. The number of carbonyl (C=O) groups is 1. The number of piperazine rings is 1. The third kappa shape index (κ3) is 2.46. The molecule has 1 aromatic heterocycles. The molecular formula is C18H19N3O3S2. The number of benzene rings is 1. The quantitative estimate of drug-likeness (QED) is 0.790. The highest BCUT2D eigenvalue weighted by Crippen LogP contribution is 2.38. The molecule has 8 heteroatoms. The van der Waals surface area contributed by atoms with E-state index in [0.29, 0.717) is 17.7 Å². The van der Waals surface area contributed by atoms with Gasteiger partial charge >= 0.3 is 0 Å². The normalized spacial score (nSPS) is 24.0. The molecule has 0 unspecified atom stereocenters. The predicted molar refractivity (Wildman–Crippen MR) is 99.4 cm³/mol. The van der Waals surface area contributed by atoms with Crippen molar-refractivity contribution >= 4 is 37.4 Å². The van der Waals surface area contributed by atoms with Gasteiger partial charge in [-0.3, -0.25) is 4.79 Å². The first-order chi connectivity index (χ1) is 12.3. The first-order valence-corrected chi connectivity index (χ1v) is 10.9. The van der Waals surface area contributed by atoms with E-state index in [0.717, 1.165) is 29.5 Å². The smallest absolute Gasteiger partial charge is 0.253 e. The highest BCUT2D eigenvalue weighted by molar-refractivity contribution is 7.91. The molecular weight excluding hydrogens is 370 g/mol. The molecule has 0 N–H and O–H groups in total. The lowest BCUT2D eigenvalue weighted by molar-refractivity contribution is -0.139. The zero-order valence-electron chi connectivity index (χ0n) is 14.6. The molecule has 2 atom stereocenters. The summed E-state index contributed by atoms with van der Waals surface area (Å²) in [5.41, 5.74) is 1.15. The molecule has 2 aliphatic rings. The van der Waals surface area contributed by atoms with Gasteiger partial charge in [0.2, 0.25) is 5.91 Å². The van der Waals surface area contributed by atoms with Crippen LogP contribution >= 0.6 is 11.3 Å². The molecule has 0 bridgehead atoms. The summed E-state index contributed by atoms with van der Waals surface area (Å²) in [5, 5.41) is 9.88. The number of thiophene rings is 1. The first-order valence-electron chi connectivity index (χ1n) is 8.60. The van der Waals surface area contributed by atoms with E-state index < -0.39 is 16.1 Å². The maximum Gasteiger partial charge on any atom is 0.253 e. The maximum atomic E-state index is 13.4. The molecule has 0 aliphatic carbocycles. The van der Waals surface area contributed by atoms with E-state index in [1.165, 1.54) is 15.6 Å². The fraction of sp³-hybridized carbons (Fsp3) is 0.444. The summed E-state index contributed by atoms with van der Waals surface area (Å²) in [4.78, 5) is 14.4. The van der Waals surface area contributed by atoms with Crippen molar-refractivity contribution in [2.24, 2.45) is 0 Å². The van der Waals surface area contributed by atoms with Gasteiger partial charge in [-0.05, 0) is 55.8 Å². The minimum absolute atomic E-state index is 0.0200. The molecule has 2 aliphatic heterocycles. The van der Waals surface area contributed by atoms with Gasteiger partial charge in [0.1, 0.15) is 10.3 Å². The molecule has 4 rings (SSSR count). The lowest BCUT2D eigenvalue weighted by Crippen LogP contribution is -2.59. The van der Waals surface area contributed by atoms with Gasteiger partial charge in [0.05, 0.1) is 11.6 Å². The van der Waals surface area contributed by atoms with E-state index in [4.69, 9.17) is 5.26 Å². The number of rotatable bonds is 2. The van der Waals surface area contributed by atoms with Gasteiger partial charge in [-0.2, -0.15) is 9.57 Å². The fourth-order valence-corrected chi connectivity index (χ4v) is 7.45. The van der Waals surface area contributed by atoms with Crippen LogP contribution in [0.15, 0.2) is 22.4 Å². The molecule has 2 saturated heterocycles. The minimum atomic E-state index is -3.77. The second-order valence-corrected chi connectivity index (χ2v) is 10.1. The van der Waals surface area contributed by atoms with Crippen LogP contribution < -0.4 is 0 Å². The molecule has 2 fully saturated rings. The first kappa shape index (κ1) is 17.5. The van der Waals surface area contributed by atoms with Crippen LogP contribution in [0.25, 0.3) is 10.1 Å². The monoisotopic (exact) mass is 389 g/mol. The van der Waals surface area contributed by atoms with Crippen LogP contribution in [0.3, 0.4) is 0 Å². The van der Waals surface area contributed by atoms with E-state index in [9.17, 15) is 13.2 Å². The van der Waals surface area contributed by atoms with Crippen LogP contribution in [-0.2, 0) is 14.8 Å². The Morgan fingerprint density at radius 1 is 1.35 bits per heavy atom. The van der Waals surface area contributed by atoms with Crippen molar-refractivity contribution in [1.82, 2.24) is 9.21 Å². The summed E-state index contributed by atoms with van der Waals surface area (Å²) in [7, 11) is -3.77. The van der Waals surface area contributed by atoms with Crippen molar-refractivity contribution in [2.45, 2.75) is 43.0 Å². The largest absolute Gasteiger partial charge is 0.337 e. The van der Waals surface area contributed by atoms with Gasteiger partial charge in [-0.15, -0.1) is 11.3 Å². The summed E-state index contributed by atoms with van der Waals surface area (Å²) in [6.45, 7) is 4.52. The molecule has 2 aromatic rings. The van der Waals surface area contributed by atoms with Crippen LogP contribution in [-0.4, -0.2) is 48.7 Å². The zero-order valence-corrected chi connectivity index (χ0v) is 16.2. The average Bonchev–Trinajstić information content (AvgIpc) is 3.22. The topological polar surface area (TPSA) is 81.5 Å². The maximum absolute atomic E-state index is 13.4. The number of hydrogen-bond acceptors (Lipinski definition) is 5. The number of nitriles is 1. The molecule has 26 heavy (non-hydrogen) atoms. The molecule has 6 nitrogen and oxygen atoms in total. The van der Waals surface area contributed by atoms with Crippen LogP contribution in [0.4, 0.5) is 0 Å². The highest BCUT2D eigenvalue weighted by atomic mass is 32.2. The van der Waals surface area contributed by atoms with E-state index in [1.54, 1.807) is 32.0 Å². The standard InChI is InChI=1S/C18H19N3O3S2/c1-11-15-8-13(9-19)5-6-16(15)25-18(11)26(23,24)21-10-14-4-3-7-20(14)17(22)12(21)2/h5-6,8,12,14H,3-4,7,10H2,1-2H3/t12-,14+/m1/s1. The minimum Gasteiger partial charge on any atom is -0.337 e. The van der Waals surface area contributed by atoms with Crippen molar-refractivity contribution in [3.63, 3.8) is 0 Å². The number of hydrogen-bond donors (Lipinski definition) is 0. The summed E-state index contributed by atoms with van der Waals surface area (Å²) in [6.07, 6.45) is 1.78. The lowest BCUT2D eigenvalue weighted by Gasteiger charge is -2.40. The van der Waals surface area contributed by atoms with Crippen LogP contribution in [0.5, 0.6) is 0 Å². The zero-order chi connectivity index (χ0) is 18.6. The Morgan fingerprint density at radius 3 is 2.85 bits per heavy atom. The molecule has 3 heterocycles. The van der Waals surface area contributed by atoms with Crippen molar-refractivity contribution in [1.29, 1.82) is 5.26 Å². The van der Waals surface area contributed by atoms with Gasteiger partial charge in [-0.1, -0.05) is 0 Å². The summed E-state index contributed by atoms with van der Waals surface area (Å²) in [5.74, 6) is -0.104. The Bertz CT molecular complexity index is 1050. The summed E-state index contributed by atoms with van der Waals surface area (Å²) in [6, 6.07) is 6.59. The third-order valence-corrected chi connectivity index (χ3v) is 9.21. The molecule has 0 spiro atoms. The van der Waals surface area contributed by atoms with Gasteiger partial charge in [-0.25, -0.2) is 8.42 Å². The Morgan fingerprint density at radius 2 is 2.12 bits per heavy atom. The van der Waals surface area contributed by atoms with Gasteiger partial charge in [0, 0.05) is 23.8 Å². The molecule has 0 saturated carbocycles. The summed E-state index contributed by atoms with van der Waals surface area (Å²) < 4.78 is 29.2. The van der Waals surface area contributed by atoms with Crippen LogP contribution in [0.1, 0.15) is 30.9 Å². The fourth-order valence-electron chi connectivity index (χ4n) is 3.97. The highest BCUT2D eigenvalue weighted by Gasteiger charge is 2.46. The Labute approximate surface area is 156 Å². The number of aryl methyl sites for hydroxylation is 1. The summed E-state index contributed by atoms with van der Waals surface area (Å²) >= 11 is 1.21. The molecule has 1 aromatic carbocycles. The predicted octanol–water partition coefficient (Wildman–Crippen LogP) is 2.47. The van der Waals surface area contributed by atoms with Crippen molar-refractivity contribution in [3.8, 4) is 6.07 Å². The van der Waals surface area contributed by atoms with Crippen LogP contribution in [0, 0.1) is 18.3 Å². The van der Waals surface area contributed by atoms with E-state index >= 15 is 0 Å². The Kier molecular flexibility index (Phi) is 4.06. The second kappa shape index (κ2) is 6.05. The van der Waals surface area contributed by atoms with Gasteiger partial charge in [0.25, 0.3) is 10.0 Å². The number of sulfonamides is 1. The van der Waals surface area contributed by atoms with Crippen molar-refractivity contribution in [2.75, 3.05) is 13.1 Å². The number of carbonyl (C=O) groups excluding carboxylic acids is 1. The lowest BCUT2D eigenvalue weighted by atomic mass is 10.1. The van der Waals surface area contributed by atoms with Crippen molar-refractivity contribution in [3.05, 3.63) is 29.3 Å². The van der Waals surface area contributed by atoms with E-state index in [1.807, 2.05) is 4.90 Å². The van der Waals surface area contributed by atoms with Gasteiger partial charge in [0.15, 0.2) is 0 Å². The number of amides is 1. The number of nitrogens with zero attached hydrogens (tertiary/aromatic N) is 3. The number of fused-ring (bicyclic) bond motifs is 2. The molecule has 0 radical (unpaired) electrons.